The summed E-state index contributed by atoms with van der Waals surface area (Å²) in [7, 11) is -14.0. The van der Waals surface area contributed by atoms with Gasteiger partial charge in [-0.1, -0.05) is 17.4 Å². The molecule has 348 valence electrons. The fourth-order valence-corrected chi connectivity index (χ4v) is 8.74. The van der Waals surface area contributed by atoms with E-state index in [1.807, 2.05) is 0 Å². The van der Waals surface area contributed by atoms with Crippen molar-refractivity contribution in [3.05, 3.63) is 89.5 Å². The summed E-state index contributed by atoms with van der Waals surface area (Å²) in [5.74, 6) is -2.68. The molecule has 0 bridgehead atoms. The van der Waals surface area contributed by atoms with Gasteiger partial charge in [-0.15, -0.1) is 35.8 Å². The maximum Gasteiger partial charge on any atom is 0.299 e. The quantitative estimate of drug-likeness (QED) is 0.0217. The fourth-order valence-electron chi connectivity index (χ4n) is 6.28. The van der Waals surface area contributed by atoms with Gasteiger partial charge in [0.05, 0.1) is 51.1 Å². The second-order valence-electron chi connectivity index (χ2n) is 14.1. The lowest BCUT2D eigenvalue weighted by Crippen LogP contribution is -2.08. The van der Waals surface area contributed by atoms with Crippen LogP contribution in [0.3, 0.4) is 0 Å². The molecule has 67 heavy (non-hydrogen) atoms. The third kappa shape index (κ3) is 10.8. The second-order valence-corrected chi connectivity index (χ2v) is 19.5. The Morgan fingerprint density at radius 1 is 0.761 bits per heavy atom. The minimum atomic E-state index is -5.16. The van der Waals surface area contributed by atoms with Gasteiger partial charge >= 0.3 is 0 Å². The molecule has 24 nitrogen and oxygen atoms in total. The highest BCUT2D eigenvalue weighted by atomic mass is 32.2. The molecule has 28 heteroatoms. The number of nitrogens with zero attached hydrogens (tertiary/aromatic N) is 9. The molecule has 2 heterocycles. The summed E-state index contributed by atoms with van der Waals surface area (Å²) >= 11 is 1.22. The summed E-state index contributed by atoms with van der Waals surface area (Å²) in [6, 6.07) is 16.1. The van der Waals surface area contributed by atoms with Gasteiger partial charge in [0.15, 0.2) is 5.75 Å². The lowest BCUT2D eigenvalue weighted by Gasteiger charge is -2.13. The molecular weight excluding hydrogens is 963 g/mol. The van der Waals surface area contributed by atoms with Crippen molar-refractivity contribution in [2.24, 2.45) is 30.7 Å². The van der Waals surface area contributed by atoms with Crippen molar-refractivity contribution in [3.63, 3.8) is 0 Å². The molecule has 0 aliphatic rings. The van der Waals surface area contributed by atoms with Crippen molar-refractivity contribution in [1.82, 2.24) is 14.8 Å². The summed E-state index contributed by atoms with van der Waals surface area (Å²) in [5.41, 5.74) is 1.03. The number of hydrogen-bond acceptors (Lipinski definition) is 21. The molecule has 7 rings (SSSR count). The number of carbonyl (C=O) groups excluding carboxylic acids is 1. The van der Waals surface area contributed by atoms with Crippen molar-refractivity contribution >= 4 is 103 Å². The number of rotatable bonds is 17. The number of aliphatic hydroxyl groups is 1. The highest BCUT2D eigenvalue weighted by Crippen LogP contribution is 2.46. The van der Waals surface area contributed by atoms with Gasteiger partial charge in [-0.2, -0.15) is 29.9 Å². The van der Waals surface area contributed by atoms with E-state index >= 15 is 0 Å². The average molecular weight is 996 g/mol. The Morgan fingerprint density at radius 3 is 2.13 bits per heavy atom. The van der Waals surface area contributed by atoms with Crippen molar-refractivity contribution < 1.29 is 68.5 Å². The van der Waals surface area contributed by atoms with E-state index in [4.69, 9.17) is 9.47 Å². The van der Waals surface area contributed by atoms with Crippen molar-refractivity contribution in [2.45, 2.75) is 36.7 Å². The normalized spacial score (nSPS) is 12.6. The topological polar surface area (TPSA) is 364 Å². The van der Waals surface area contributed by atoms with Crippen LogP contribution in [0.15, 0.2) is 113 Å². The number of azo groups is 3. The van der Waals surface area contributed by atoms with Crippen LogP contribution in [0.2, 0.25) is 0 Å². The Kier molecular flexibility index (Phi) is 13.5. The van der Waals surface area contributed by atoms with Crippen LogP contribution in [-0.2, 0) is 41.8 Å². The molecule has 0 unspecified atom stereocenters. The molecule has 5 aromatic carbocycles. The number of carbonyl (C=O) groups is 1. The first-order chi connectivity index (χ1) is 31.6. The zero-order valence-electron chi connectivity index (χ0n) is 34.3. The Labute approximate surface area is 382 Å². The number of phenols is 1. The van der Waals surface area contributed by atoms with E-state index in [-0.39, 0.29) is 76.1 Å². The van der Waals surface area contributed by atoms with Crippen LogP contribution in [0.25, 0.3) is 26.7 Å². The Bertz CT molecular complexity index is 3540. The third-order valence-electron chi connectivity index (χ3n) is 9.56. The summed E-state index contributed by atoms with van der Waals surface area (Å²) in [5, 5.41) is 61.0. The van der Waals surface area contributed by atoms with E-state index < -0.39 is 74.8 Å². The molecule has 0 aliphatic carbocycles. The average Bonchev–Trinajstić information content (AvgIpc) is 3.82. The maximum atomic E-state index is 12.8. The van der Waals surface area contributed by atoms with Gasteiger partial charge in [-0.05, 0) is 103 Å². The predicted molar refractivity (Wildman–Crippen MR) is 238 cm³/mol. The highest BCUT2D eigenvalue weighted by Gasteiger charge is 2.25. The van der Waals surface area contributed by atoms with Gasteiger partial charge in [0.1, 0.15) is 22.0 Å². The molecule has 7 aromatic rings. The minimum Gasteiger partial charge on any atom is -0.505 e. The van der Waals surface area contributed by atoms with Crippen LogP contribution in [-0.4, -0.2) is 87.8 Å². The van der Waals surface area contributed by atoms with Crippen molar-refractivity contribution in [1.29, 1.82) is 0 Å². The van der Waals surface area contributed by atoms with Gasteiger partial charge in [0.25, 0.3) is 42.7 Å². The molecule has 2 aromatic heterocycles. The van der Waals surface area contributed by atoms with E-state index in [1.165, 1.54) is 54.7 Å². The molecule has 0 aliphatic heterocycles. The molecule has 0 radical (unpaired) electrons. The van der Waals surface area contributed by atoms with Crippen molar-refractivity contribution in [2.75, 3.05) is 12.4 Å². The van der Waals surface area contributed by atoms with E-state index in [2.05, 4.69) is 40.8 Å². The molecule has 0 amide bonds. The number of thiazole rings is 1. The maximum absolute atomic E-state index is 12.8. The monoisotopic (exact) mass is 995 g/mol. The number of ether oxygens (including phenoxy) is 2. The SMILES string of the molecule is Cc1cc(N=Nc2c(S(=O)(=O)O)cc3c(C)c(N=Nc4c(OC=O)nn(-c5ccc(S(=O)(=O)O)cc5)c4O)ccc3c2O)c(OCCCS(=O)(=O)O)cc1N=Nc1nc2ccc(CO)cc2s1. The lowest BCUT2D eigenvalue weighted by atomic mass is 10.0. The molecule has 0 atom stereocenters. The molecule has 0 fully saturated rings. The summed E-state index contributed by atoms with van der Waals surface area (Å²) < 4.78 is 112. The Morgan fingerprint density at radius 2 is 1.46 bits per heavy atom. The summed E-state index contributed by atoms with van der Waals surface area (Å²) in [4.78, 5) is 14.4. The molecule has 6 N–H and O–H groups in total. The van der Waals surface area contributed by atoms with Gasteiger partial charge in [0.2, 0.25) is 16.7 Å². The summed E-state index contributed by atoms with van der Waals surface area (Å²) in [6.07, 6.45) is -0.157. The number of phenolic OH excluding ortho intramolecular Hbond substituents is 1. The van der Waals surface area contributed by atoms with Crippen LogP contribution < -0.4 is 9.47 Å². The molecule has 0 spiro atoms. The standard InChI is InChI=1S/C39H33N9O15S4/c1-20-14-30(31(62-12-3-13-65(53,54)55)17-29(20)42-46-39-40-28-10-4-22(18-49)15-32(28)64-39)43-44-34-33(67(59,60)61)16-26-21(2)27(11-9-25(26)36(34)51)41-45-35-37(63-19-50)47-48(38(35)52)23-5-7-24(8-6-23)66(56,57)58/h4-11,14-17,19,49,51-52H,3,12-13,18H2,1-2H3,(H,53,54,55)(H,56,57,58)(H,59,60,61). The number of benzene rings is 5. The molecule has 0 saturated carbocycles. The summed E-state index contributed by atoms with van der Waals surface area (Å²) in [6.45, 7) is 2.67. The number of fused-ring (bicyclic) bond motifs is 2. The highest BCUT2D eigenvalue weighted by molar-refractivity contribution is 7.86. The number of aromatic hydroxyl groups is 2. The van der Waals surface area contributed by atoms with Gasteiger partial charge in [-0.3, -0.25) is 18.5 Å². The predicted octanol–water partition coefficient (Wildman–Crippen LogP) is 8.09. The van der Waals surface area contributed by atoms with Crippen molar-refractivity contribution in [3.8, 4) is 28.9 Å². The number of aliphatic hydroxyl groups excluding tert-OH is 1. The van der Waals surface area contributed by atoms with Crippen LogP contribution in [0.4, 0.5) is 33.6 Å². The van der Waals surface area contributed by atoms with Crippen LogP contribution in [0.1, 0.15) is 23.1 Å². The third-order valence-corrected chi connectivity index (χ3v) is 13.0. The number of aromatic nitrogens is 3. The van der Waals surface area contributed by atoms with E-state index in [0.717, 1.165) is 27.6 Å². The fraction of sp³-hybridized carbons (Fsp3) is 0.154. The van der Waals surface area contributed by atoms with E-state index in [1.54, 1.807) is 25.1 Å². The number of aryl methyl sites for hydroxylation is 2. The first-order valence-electron chi connectivity index (χ1n) is 18.9. The zero-order chi connectivity index (χ0) is 48.4. The lowest BCUT2D eigenvalue weighted by molar-refractivity contribution is -0.120. The smallest absolute Gasteiger partial charge is 0.299 e. The van der Waals surface area contributed by atoms with Crippen LogP contribution in [0.5, 0.6) is 23.3 Å². The molecular formula is C39H33N9O15S4. The Balaban J connectivity index is 1.24. The van der Waals surface area contributed by atoms with Gasteiger partial charge < -0.3 is 24.8 Å². The van der Waals surface area contributed by atoms with Gasteiger partial charge in [0, 0.05) is 11.5 Å². The van der Waals surface area contributed by atoms with E-state index in [9.17, 15) is 59.0 Å². The minimum absolute atomic E-state index is 0.00263. The van der Waals surface area contributed by atoms with Crippen LogP contribution >= 0.6 is 11.3 Å². The van der Waals surface area contributed by atoms with Crippen LogP contribution in [0, 0.1) is 13.8 Å². The molecule has 0 saturated heterocycles. The second kappa shape index (κ2) is 19.0. The largest absolute Gasteiger partial charge is 0.505 e. The number of hydrogen-bond donors (Lipinski definition) is 6. The zero-order valence-corrected chi connectivity index (χ0v) is 37.6. The first kappa shape index (κ1) is 47.8. The first-order valence-corrected chi connectivity index (χ1v) is 24.2. The van der Waals surface area contributed by atoms with E-state index in [0.29, 0.717) is 16.6 Å². The van der Waals surface area contributed by atoms with Gasteiger partial charge in [-0.25, -0.2) is 4.98 Å². The Hall–Kier alpha value is -7.18.